The number of ether oxygens (including phenoxy) is 1. The van der Waals surface area contributed by atoms with Gasteiger partial charge in [-0.2, -0.15) is 0 Å². The Bertz CT molecular complexity index is 1020. The molecule has 0 spiro atoms. The van der Waals surface area contributed by atoms with E-state index in [2.05, 4.69) is 31.2 Å². The molecule has 0 saturated carbocycles. The van der Waals surface area contributed by atoms with Crippen LogP contribution < -0.4 is 15.0 Å². The zero-order valence-electron chi connectivity index (χ0n) is 16.3. The average molecular weight is 432 g/mol. The van der Waals surface area contributed by atoms with Crippen molar-refractivity contribution in [2.45, 2.75) is 13.0 Å². The van der Waals surface area contributed by atoms with E-state index in [-0.39, 0.29) is 11.9 Å². The molecule has 1 unspecified atom stereocenters. The Kier molecular flexibility index (Phi) is 5.84. The van der Waals surface area contributed by atoms with Crippen LogP contribution in [0.5, 0.6) is 5.75 Å². The van der Waals surface area contributed by atoms with Gasteiger partial charge >= 0.3 is 0 Å². The van der Waals surface area contributed by atoms with Crippen molar-refractivity contribution in [3.63, 3.8) is 0 Å². The highest BCUT2D eigenvalue weighted by molar-refractivity contribution is 7.16. The number of benzene rings is 1. The van der Waals surface area contributed by atoms with Crippen LogP contribution in [0.4, 0.5) is 11.5 Å². The molecule has 9 heteroatoms. The third kappa shape index (κ3) is 4.14. The molecule has 2 aromatic heterocycles. The molecule has 1 atom stereocenters. The van der Waals surface area contributed by atoms with E-state index in [1.165, 1.54) is 0 Å². The summed E-state index contributed by atoms with van der Waals surface area (Å²) >= 11 is 7.68. The number of nitrogens with zero attached hydrogens (tertiary/aromatic N) is 4. The Morgan fingerprint density at radius 2 is 2.03 bits per heavy atom. The molecule has 4 rings (SSSR count). The lowest BCUT2D eigenvalue weighted by atomic mass is 10.2. The maximum absolute atomic E-state index is 12.8. The van der Waals surface area contributed by atoms with Gasteiger partial charge in [0.15, 0.2) is 0 Å². The van der Waals surface area contributed by atoms with Gasteiger partial charge in [0.05, 0.1) is 24.2 Å². The van der Waals surface area contributed by atoms with Crippen LogP contribution >= 0.6 is 22.9 Å². The normalized spacial score (nSPS) is 16.0. The van der Waals surface area contributed by atoms with Gasteiger partial charge in [0, 0.05) is 31.2 Å². The first kappa shape index (κ1) is 19.9. The minimum absolute atomic E-state index is 0.0822. The molecule has 0 radical (unpaired) electrons. The van der Waals surface area contributed by atoms with Gasteiger partial charge in [-0.05, 0) is 36.6 Å². The molecule has 3 heterocycles. The number of rotatable bonds is 5. The molecule has 1 aromatic carbocycles. The van der Waals surface area contributed by atoms with Crippen LogP contribution in [0.1, 0.15) is 6.92 Å². The smallest absolute Gasteiger partial charge is 0.241 e. The molecule has 1 aliphatic heterocycles. The van der Waals surface area contributed by atoms with Crippen molar-refractivity contribution in [1.82, 2.24) is 14.9 Å². The molecule has 29 heavy (non-hydrogen) atoms. The van der Waals surface area contributed by atoms with Crippen LogP contribution in [0, 0.1) is 0 Å². The van der Waals surface area contributed by atoms with E-state index in [1.807, 2.05) is 12.3 Å². The van der Waals surface area contributed by atoms with Crippen molar-refractivity contribution < 1.29 is 9.53 Å². The zero-order valence-corrected chi connectivity index (χ0v) is 17.8. The minimum Gasteiger partial charge on any atom is -0.495 e. The van der Waals surface area contributed by atoms with Gasteiger partial charge in [-0.1, -0.05) is 11.6 Å². The van der Waals surface area contributed by atoms with Crippen molar-refractivity contribution >= 4 is 50.6 Å². The fourth-order valence-electron chi connectivity index (χ4n) is 3.53. The maximum Gasteiger partial charge on any atom is 0.241 e. The third-order valence-electron chi connectivity index (χ3n) is 5.20. The largest absolute Gasteiger partial charge is 0.495 e. The average Bonchev–Trinajstić information content (AvgIpc) is 3.22. The number of hydrogen-bond donors (Lipinski definition) is 1. The lowest BCUT2D eigenvalue weighted by molar-refractivity contribution is -0.120. The number of carbonyl (C=O) groups excluding carboxylic acids is 1. The van der Waals surface area contributed by atoms with Gasteiger partial charge in [0.1, 0.15) is 22.7 Å². The predicted molar refractivity (Wildman–Crippen MR) is 117 cm³/mol. The number of halogens is 1. The Morgan fingerprint density at radius 3 is 2.79 bits per heavy atom. The Hall–Kier alpha value is -2.42. The topological polar surface area (TPSA) is 70.6 Å². The van der Waals surface area contributed by atoms with Crippen molar-refractivity contribution in [3.05, 3.63) is 41.0 Å². The van der Waals surface area contributed by atoms with Crippen LogP contribution in [-0.2, 0) is 4.79 Å². The summed E-state index contributed by atoms with van der Waals surface area (Å²) < 4.78 is 5.31. The van der Waals surface area contributed by atoms with Gasteiger partial charge in [-0.15, -0.1) is 11.3 Å². The minimum atomic E-state index is -0.271. The Morgan fingerprint density at radius 1 is 1.24 bits per heavy atom. The van der Waals surface area contributed by atoms with E-state index < -0.39 is 0 Å². The number of piperazine rings is 1. The summed E-state index contributed by atoms with van der Waals surface area (Å²) in [5.74, 6) is 1.47. The SMILES string of the molecule is COc1ccc(Cl)cc1NC(=O)C(C)N1CCN(c2ncnc3sccc23)CC1. The first-order chi connectivity index (χ1) is 14.1. The van der Waals surface area contributed by atoms with E-state index >= 15 is 0 Å². The Labute approximate surface area is 178 Å². The molecule has 1 saturated heterocycles. The monoisotopic (exact) mass is 431 g/mol. The highest BCUT2D eigenvalue weighted by Crippen LogP contribution is 2.29. The zero-order chi connectivity index (χ0) is 20.4. The van der Waals surface area contributed by atoms with Crippen molar-refractivity contribution in [1.29, 1.82) is 0 Å². The third-order valence-corrected chi connectivity index (χ3v) is 6.26. The molecule has 1 N–H and O–H groups in total. The first-order valence-corrected chi connectivity index (χ1v) is 10.6. The van der Waals surface area contributed by atoms with Gasteiger partial charge < -0.3 is 15.0 Å². The molecule has 152 valence electrons. The van der Waals surface area contributed by atoms with Gasteiger partial charge in [-0.3, -0.25) is 9.69 Å². The van der Waals surface area contributed by atoms with E-state index in [0.29, 0.717) is 16.5 Å². The summed E-state index contributed by atoms with van der Waals surface area (Å²) in [6.45, 7) is 5.08. The second-order valence-corrected chi connectivity index (χ2v) is 8.20. The molecule has 0 aliphatic carbocycles. The standard InChI is InChI=1S/C20H22ClN5O2S/c1-13(19(27)24-16-11-14(21)3-4-17(16)28-2)25-6-8-26(9-7-25)18-15-5-10-29-20(15)23-12-22-18/h3-5,10-13H,6-9H2,1-2H3,(H,24,27). The lowest BCUT2D eigenvalue weighted by Crippen LogP contribution is -2.53. The van der Waals surface area contributed by atoms with Crippen molar-refractivity contribution in [2.75, 3.05) is 43.5 Å². The summed E-state index contributed by atoms with van der Waals surface area (Å²) in [7, 11) is 1.57. The molecule has 7 nitrogen and oxygen atoms in total. The van der Waals surface area contributed by atoms with Crippen LogP contribution in [0.15, 0.2) is 36.0 Å². The summed E-state index contributed by atoms with van der Waals surface area (Å²) in [6.07, 6.45) is 1.62. The summed E-state index contributed by atoms with van der Waals surface area (Å²) in [5, 5.41) is 6.61. The molecule has 3 aromatic rings. The second-order valence-electron chi connectivity index (χ2n) is 6.87. The van der Waals surface area contributed by atoms with Crippen LogP contribution in [-0.4, -0.2) is 60.1 Å². The maximum atomic E-state index is 12.8. The molecular weight excluding hydrogens is 410 g/mol. The lowest BCUT2D eigenvalue weighted by Gasteiger charge is -2.38. The molecule has 1 amide bonds. The first-order valence-electron chi connectivity index (χ1n) is 9.38. The van der Waals surface area contributed by atoms with Crippen LogP contribution in [0.3, 0.4) is 0 Å². The van der Waals surface area contributed by atoms with E-state index in [9.17, 15) is 4.79 Å². The Balaban J connectivity index is 1.40. The number of nitrogens with one attached hydrogen (secondary N) is 1. The predicted octanol–water partition coefficient (Wildman–Crippen LogP) is 3.50. The second kappa shape index (κ2) is 8.52. The summed E-state index contributed by atoms with van der Waals surface area (Å²) in [4.78, 5) is 27.0. The quantitative estimate of drug-likeness (QED) is 0.666. The fraction of sp³-hybridized carbons (Fsp3) is 0.350. The molecule has 0 bridgehead atoms. The number of anilines is 2. The summed E-state index contributed by atoms with van der Waals surface area (Å²) in [5.41, 5.74) is 0.580. The van der Waals surface area contributed by atoms with Crippen molar-refractivity contribution in [3.8, 4) is 5.75 Å². The van der Waals surface area contributed by atoms with Crippen LogP contribution in [0.2, 0.25) is 5.02 Å². The van der Waals surface area contributed by atoms with Crippen LogP contribution in [0.25, 0.3) is 10.2 Å². The highest BCUT2D eigenvalue weighted by Gasteiger charge is 2.27. The molecule has 1 fully saturated rings. The number of aromatic nitrogens is 2. The summed E-state index contributed by atoms with van der Waals surface area (Å²) in [6, 6.07) is 6.97. The van der Waals surface area contributed by atoms with Gasteiger partial charge in [-0.25, -0.2) is 9.97 Å². The number of methoxy groups -OCH3 is 1. The van der Waals surface area contributed by atoms with Gasteiger partial charge in [0.25, 0.3) is 0 Å². The number of thiophene rings is 1. The number of hydrogen-bond acceptors (Lipinski definition) is 7. The number of amides is 1. The fourth-order valence-corrected chi connectivity index (χ4v) is 4.43. The van der Waals surface area contributed by atoms with Crippen molar-refractivity contribution in [2.24, 2.45) is 0 Å². The number of fused-ring (bicyclic) bond motifs is 1. The van der Waals surface area contributed by atoms with E-state index in [4.69, 9.17) is 16.3 Å². The van der Waals surface area contributed by atoms with E-state index in [0.717, 1.165) is 42.2 Å². The van der Waals surface area contributed by atoms with Gasteiger partial charge in [0.2, 0.25) is 5.91 Å². The molecule has 1 aliphatic rings. The van der Waals surface area contributed by atoms with E-state index in [1.54, 1.807) is 43.0 Å². The molecular formula is C20H22ClN5O2S. The highest BCUT2D eigenvalue weighted by atomic mass is 35.5. The number of carbonyl (C=O) groups is 1.